The molecule has 27 heavy (non-hydrogen) atoms. The smallest absolute Gasteiger partial charge is 0.243 e. The molecule has 9 heteroatoms. The van der Waals surface area contributed by atoms with Gasteiger partial charge in [-0.15, -0.1) is 0 Å². The standard InChI is InChI=1S/C18H20Cl2N2O3S2/c1-22(27(24,25)14-6-3-2-4-7-14)12-18(23)21-10-11-26-13-15-16(19)8-5-9-17(15)20/h2-9H,10-13H2,1H3,(H,21,23). The van der Waals surface area contributed by atoms with E-state index in [1.54, 1.807) is 48.2 Å². The highest BCUT2D eigenvalue weighted by Crippen LogP contribution is 2.27. The predicted molar refractivity (Wildman–Crippen MR) is 112 cm³/mol. The number of hydrogen-bond acceptors (Lipinski definition) is 4. The molecular weight excluding hydrogens is 427 g/mol. The predicted octanol–water partition coefficient (Wildman–Crippen LogP) is 3.66. The normalized spacial score (nSPS) is 11.6. The lowest BCUT2D eigenvalue weighted by atomic mass is 10.2. The monoisotopic (exact) mass is 446 g/mol. The molecule has 1 N–H and O–H groups in total. The van der Waals surface area contributed by atoms with Crippen molar-refractivity contribution < 1.29 is 13.2 Å². The summed E-state index contributed by atoms with van der Waals surface area (Å²) in [6, 6.07) is 13.4. The molecule has 2 aromatic rings. The minimum atomic E-state index is -3.68. The van der Waals surface area contributed by atoms with Crippen LogP contribution in [0.15, 0.2) is 53.4 Å². The minimum absolute atomic E-state index is 0.160. The molecule has 2 rings (SSSR count). The second-order valence-corrected chi connectivity index (χ2v) is 9.64. The Morgan fingerprint density at radius 3 is 2.33 bits per heavy atom. The number of likely N-dealkylation sites (N-methyl/N-ethyl adjacent to an activating group) is 1. The molecule has 2 aromatic carbocycles. The number of nitrogens with zero attached hydrogens (tertiary/aromatic N) is 1. The van der Waals surface area contributed by atoms with Gasteiger partial charge >= 0.3 is 0 Å². The van der Waals surface area contributed by atoms with Crippen molar-refractivity contribution in [3.63, 3.8) is 0 Å². The van der Waals surface area contributed by atoms with Gasteiger partial charge in [0, 0.05) is 35.1 Å². The summed E-state index contributed by atoms with van der Waals surface area (Å²) in [5.41, 5.74) is 0.867. The molecule has 0 fully saturated rings. The van der Waals surface area contributed by atoms with E-state index in [2.05, 4.69) is 5.32 Å². The second kappa shape index (κ2) is 10.3. The van der Waals surface area contributed by atoms with Crippen molar-refractivity contribution >= 4 is 50.9 Å². The average molecular weight is 447 g/mol. The Morgan fingerprint density at radius 1 is 1.07 bits per heavy atom. The quantitative estimate of drug-likeness (QED) is 0.596. The molecule has 0 unspecified atom stereocenters. The van der Waals surface area contributed by atoms with Gasteiger partial charge in [0.05, 0.1) is 11.4 Å². The number of amides is 1. The van der Waals surface area contributed by atoms with Crippen molar-refractivity contribution in [2.75, 3.05) is 25.9 Å². The van der Waals surface area contributed by atoms with Crippen LogP contribution < -0.4 is 5.32 Å². The molecule has 0 saturated carbocycles. The molecule has 0 saturated heterocycles. The van der Waals surface area contributed by atoms with E-state index < -0.39 is 10.0 Å². The molecule has 0 aliphatic rings. The van der Waals surface area contributed by atoms with Gasteiger partial charge in [0.2, 0.25) is 15.9 Å². The molecule has 146 valence electrons. The zero-order valence-corrected chi connectivity index (χ0v) is 17.8. The maximum atomic E-state index is 12.4. The maximum absolute atomic E-state index is 12.4. The van der Waals surface area contributed by atoms with E-state index in [0.717, 1.165) is 9.87 Å². The molecule has 0 radical (unpaired) electrons. The first-order valence-corrected chi connectivity index (χ1v) is 11.5. The van der Waals surface area contributed by atoms with Crippen molar-refractivity contribution in [3.8, 4) is 0 Å². The Balaban J connectivity index is 1.75. The molecular formula is C18H20Cl2N2O3S2. The van der Waals surface area contributed by atoms with E-state index in [1.165, 1.54) is 19.2 Å². The third-order valence-corrected chi connectivity index (χ3v) is 7.21. The van der Waals surface area contributed by atoms with Crippen LogP contribution in [-0.4, -0.2) is 44.5 Å². The fourth-order valence-corrected chi connectivity index (χ4v) is 4.97. The van der Waals surface area contributed by atoms with Crippen molar-refractivity contribution in [2.24, 2.45) is 0 Å². The largest absolute Gasteiger partial charge is 0.354 e. The van der Waals surface area contributed by atoms with Gasteiger partial charge in [-0.05, 0) is 29.8 Å². The number of halogens is 2. The number of carbonyl (C=O) groups excluding carboxylic acids is 1. The number of benzene rings is 2. The zero-order chi connectivity index (χ0) is 19.9. The van der Waals surface area contributed by atoms with E-state index >= 15 is 0 Å². The Labute approximate surface area is 174 Å². The number of rotatable bonds is 9. The van der Waals surface area contributed by atoms with Crippen molar-refractivity contribution in [2.45, 2.75) is 10.6 Å². The Kier molecular flexibility index (Phi) is 8.44. The van der Waals surface area contributed by atoms with Crippen molar-refractivity contribution in [1.82, 2.24) is 9.62 Å². The Bertz CT molecular complexity index is 857. The van der Waals surface area contributed by atoms with Gasteiger partial charge in [0.1, 0.15) is 0 Å². The van der Waals surface area contributed by atoms with Gasteiger partial charge in [-0.2, -0.15) is 16.1 Å². The summed E-state index contributed by atoms with van der Waals surface area (Å²) < 4.78 is 25.8. The van der Waals surface area contributed by atoms with Crippen LogP contribution in [0.1, 0.15) is 5.56 Å². The van der Waals surface area contributed by atoms with E-state index in [4.69, 9.17) is 23.2 Å². The summed E-state index contributed by atoms with van der Waals surface area (Å²) in [5, 5.41) is 3.96. The first-order valence-electron chi connectivity index (χ1n) is 8.11. The topological polar surface area (TPSA) is 66.5 Å². The third-order valence-electron chi connectivity index (χ3n) is 3.69. The van der Waals surface area contributed by atoms with Gasteiger partial charge < -0.3 is 5.32 Å². The molecule has 5 nitrogen and oxygen atoms in total. The lowest BCUT2D eigenvalue weighted by Crippen LogP contribution is -2.39. The van der Waals surface area contributed by atoms with E-state index in [1.807, 2.05) is 0 Å². The van der Waals surface area contributed by atoms with Gasteiger partial charge in [0.25, 0.3) is 0 Å². The molecule has 0 atom stereocenters. The molecule has 0 spiro atoms. The van der Waals surface area contributed by atoms with Crippen LogP contribution >= 0.6 is 35.0 Å². The lowest BCUT2D eigenvalue weighted by Gasteiger charge is -2.16. The van der Waals surface area contributed by atoms with Crippen LogP contribution in [-0.2, 0) is 20.6 Å². The maximum Gasteiger partial charge on any atom is 0.243 e. The average Bonchev–Trinajstić information content (AvgIpc) is 2.64. The fraction of sp³-hybridized carbons (Fsp3) is 0.278. The highest BCUT2D eigenvalue weighted by Gasteiger charge is 2.22. The first kappa shape index (κ1) is 22.0. The SMILES string of the molecule is CN(CC(=O)NCCSCc1c(Cl)cccc1Cl)S(=O)(=O)c1ccccc1. The van der Waals surface area contributed by atoms with Gasteiger partial charge in [-0.1, -0.05) is 47.5 Å². The van der Waals surface area contributed by atoms with Crippen LogP contribution in [0.4, 0.5) is 0 Å². The summed E-state index contributed by atoms with van der Waals surface area (Å²) in [6.45, 7) is 0.184. The van der Waals surface area contributed by atoms with E-state index in [-0.39, 0.29) is 17.3 Å². The summed E-state index contributed by atoms with van der Waals surface area (Å²) in [7, 11) is -2.29. The van der Waals surface area contributed by atoms with Gasteiger partial charge in [0.15, 0.2) is 0 Å². The van der Waals surface area contributed by atoms with Crippen molar-refractivity contribution in [3.05, 3.63) is 64.1 Å². The fourth-order valence-electron chi connectivity index (χ4n) is 2.22. The van der Waals surface area contributed by atoms with Gasteiger partial charge in [-0.25, -0.2) is 8.42 Å². The van der Waals surface area contributed by atoms with E-state index in [9.17, 15) is 13.2 Å². The summed E-state index contributed by atoms with van der Waals surface area (Å²) >= 11 is 13.8. The Morgan fingerprint density at radius 2 is 1.70 bits per heavy atom. The third kappa shape index (κ3) is 6.40. The van der Waals surface area contributed by atoms with Crippen LogP contribution in [0.3, 0.4) is 0 Å². The number of thioether (sulfide) groups is 1. The number of carbonyl (C=O) groups is 1. The second-order valence-electron chi connectivity index (χ2n) is 5.68. The molecule has 0 bridgehead atoms. The summed E-state index contributed by atoms with van der Waals surface area (Å²) in [5.74, 6) is 0.937. The first-order chi connectivity index (χ1) is 12.8. The van der Waals surface area contributed by atoms with Crippen molar-refractivity contribution in [1.29, 1.82) is 0 Å². The van der Waals surface area contributed by atoms with Crippen LogP contribution in [0.25, 0.3) is 0 Å². The minimum Gasteiger partial charge on any atom is -0.354 e. The molecule has 1 amide bonds. The number of hydrogen-bond donors (Lipinski definition) is 1. The van der Waals surface area contributed by atoms with Crippen LogP contribution in [0.2, 0.25) is 10.0 Å². The highest BCUT2D eigenvalue weighted by atomic mass is 35.5. The van der Waals surface area contributed by atoms with Gasteiger partial charge in [-0.3, -0.25) is 4.79 Å². The Hall–Kier alpha value is -1.25. The molecule has 0 aliphatic heterocycles. The summed E-state index contributed by atoms with van der Waals surface area (Å²) in [6.07, 6.45) is 0. The zero-order valence-electron chi connectivity index (χ0n) is 14.7. The van der Waals surface area contributed by atoms with E-state index in [0.29, 0.717) is 28.1 Å². The molecule has 0 heterocycles. The lowest BCUT2D eigenvalue weighted by molar-refractivity contribution is -0.121. The molecule has 0 aromatic heterocycles. The summed E-state index contributed by atoms with van der Waals surface area (Å²) in [4.78, 5) is 12.2. The highest BCUT2D eigenvalue weighted by molar-refractivity contribution is 7.98. The van der Waals surface area contributed by atoms with Crippen LogP contribution in [0.5, 0.6) is 0 Å². The van der Waals surface area contributed by atoms with Crippen LogP contribution in [0, 0.1) is 0 Å². The number of nitrogens with one attached hydrogen (secondary N) is 1. The molecule has 0 aliphatic carbocycles. The number of sulfonamides is 1.